The summed E-state index contributed by atoms with van der Waals surface area (Å²) >= 11 is 0. The van der Waals surface area contributed by atoms with E-state index in [4.69, 9.17) is 15.2 Å². The zero-order valence-electron chi connectivity index (χ0n) is 13.3. The average molecular weight is 294 g/mol. The summed E-state index contributed by atoms with van der Waals surface area (Å²) < 4.78 is 10.5. The number of nitrogens with two attached hydrogens (primary N) is 1. The molecule has 0 aliphatic rings. The Bertz CT molecular complexity index is 461. The van der Waals surface area contributed by atoms with E-state index in [9.17, 15) is 4.79 Å². The molecule has 0 aliphatic carbocycles. The highest BCUT2D eigenvalue weighted by atomic mass is 16.5. The zero-order valence-corrected chi connectivity index (χ0v) is 13.3. The molecule has 0 saturated carbocycles. The Morgan fingerprint density at radius 3 is 2.43 bits per heavy atom. The van der Waals surface area contributed by atoms with Crippen molar-refractivity contribution in [2.24, 2.45) is 17.6 Å². The zero-order chi connectivity index (χ0) is 15.8. The molecule has 0 heterocycles. The number of nitrogens with one attached hydrogen (secondary N) is 1. The first-order valence-corrected chi connectivity index (χ1v) is 7.22. The standard InChI is InChI=1S/C16H26N2O3/c1-11(2)13(10-17)16(19)18-8-7-12-5-6-14(20-3)15(9-12)21-4/h5-6,9,11,13H,7-8,10,17H2,1-4H3,(H,18,19). The fraction of sp³-hybridized carbons (Fsp3) is 0.562. The minimum absolute atomic E-state index is 0.0213. The highest BCUT2D eigenvalue weighted by Crippen LogP contribution is 2.27. The van der Waals surface area contributed by atoms with E-state index >= 15 is 0 Å². The molecule has 21 heavy (non-hydrogen) atoms. The van der Waals surface area contributed by atoms with Gasteiger partial charge < -0.3 is 20.5 Å². The van der Waals surface area contributed by atoms with Crippen molar-refractivity contribution < 1.29 is 14.3 Å². The summed E-state index contributed by atoms with van der Waals surface area (Å²) in [7, 11) is 3.22. The maximum atomic E-state index is 12.0. The first kappa shape index (κ1) is 17.3. The van der Waals surface area contributed by atoms with Crippen molar-refractivity contribution in [3.63, 3.8) is 0 Å². The van der Waals surface area contributed by atoms with Crippen LogP contribution in [0.25, 0.3) is 0 Å². The monoisotopic (exact) mass is 294 g/mol. The van der Waals surface area contributed by atoms with Crippen LogP contribution >= 0.6 is 0 Å². The van der Waals surface area contributed by atoms with Gasteiger partial charge in [-0.15, -0.1) is 0 Å². The molecule has 1 amide bonds. The Morgan fingerprint density at radius 1 is 1.24 bits per heavy atom. The van der Waals surface area contributed by atoms with Crippen molar-refractivity contribution in [2.75, 3.05) is 27.3 Å². The highest BCUT2D eigenvalue weighted by molar-refractivity contribution is 5.79. The maximum absolute atomic E-state index is 12.0. The molecular formula is C16H26N2O3. The molecule has 0 fully saturated rings. The summed E-state index contributed by atoms with van der Waals surface area (Å²) in [5, 5.41) is 2.94. The number of ether oxygens (including phenoxy) is 2. The van der Waals surface area contributed by atoms with E-state index in [1.165, 1.54) is 0 Å². The molecular weight excluding hydrogens is 268 g/mol. The first-order chi connectivity index (χ1) is 10.0. The van der Waals surface area contributed by atoms with Crippen molar-refractivity contribution in [3.05, 3.63) is 23.8 Å². The quantitative estimate of drug-likeness (QED) is 0.763. The molecule has 1 aromatic carbocycles. The number of hydrogen-bond donors (Lipinski definition) is 2. The van der Waals surface area contributed by atoms with Crippen molar-refractivity contribution in [1.29, 1.82) is 0 Å². The summed E-state index contributed by atoms with van der Waals surface area (Å²) in [5.74, 6) is 1.54. The van der Waals surface area contributed by atoms with Gasteiger partial charge in [0, 0.05) is 13.1 Å². The third kappa shape index (κ3) is 4.93. The third-order valence-corrected chi connectivity index (χ3v) is 3.56. The first-order valence-electron chi connectivity index (χ1n) is 7.22. The molecule has 0 aliphatic heterocycles. The predicted octanol–water partition coefficient (Wildman–Crippen LogP) is 1.59. The summed E-state index contributed by atoms with van der Waals surface area (Å²) in [6.45, 7) is 4.97. The fourth-order valence-electron chi connectivity index (χ4n) is 2.18. The Balaban J connectivity index is 2.54. The van der Waals surface area contributed by atoms with Crippen LogP contribution < -0.4 is 20.5 Å². The second-order valence-corrected chi connectivity index (χ2v) is 5.32. The molecule has 0 aromatic heterocycles. The topological polar surface area (TPSA) is 73.6 Å². The number of benzene rings is 1. The molecule has 0 radical (unpaired) electrons. The summed E-state index contributed by atoms with van der Waals surface area (Å²) in [6.07, 6.45) is 0.738. The van der Waals surface area contributed by atoms with Crippen molar-refractivity contribution in [1.82, 2.24) is 5.32 Å². The number of carbonyl (C=O) groups is 1. The van der Waals surface area contributed by atoms with Gasteiger partial charge in [0.2, 0.25) is 5.91 Å². The lowest BCUT2D eigenvalue weighted by atomic mass is 9.95. The Morgan fingerprint density at radius 2 is 1.90 bits per heavy atom. The van der Waals surface area contributed by atoms with Gasteiger partial charge in [0.25, 0.3) is 0 Å². The molecule has 1 atom stereocenters. The summed E-state index contributed by atoms with van der Waals surface area (Å²) in [4.78, 5) is 12.0. The minimum atomic E-state index is -0.129. The van der Waals surface area contributed by atoms with E-state index in [0.29, 0.717) is 24.6 Å². The van der Waals surface area contributed by atoms with Gasteiger partial charge >= 0.3 is 0 Å². The fourth-order valence-corrected chi connectivity index (χ4v) is 2.18. The van der Waals surface area contributed by atoms with E-state index in [1.54, 1.807) is 14.2 Å². The van der Waals surface area contributed by atoms with E-state index in [0.717, 1.165) is 12.0 Å². The normalized spacial score (nSPS) is 12.1. The third-order valence-electron chi connectivity index (χ3n) is 3.56. The lowest BCUT2D eigenvalue weighted by Gasteiger charge is -2.18. The smallest absolute Gasteiger partial charge is 0.224 e. The van der Waals surface area contributed by atoms with Crippen LogP contribution in [0.15, 0.2) is 18.2 Å². The molecule has 3 N–H and O–H groups in total. The largest absolute Gasteiger partial charge is 0.493 e. The lowest BCUT2D eigenvalue weighted by molar-refractivity contribution is -0.125. The molecule has 0 spiro atoms. The van der Waals surface area contributed by atoms with Gasteiger partial charge in [-0.1, -0.05) is 19.9 Å². The van der Waals surface area contributed by atoms with Gasteiger partial charge in [-0.3, -0.25) is 4.79 Å². The number of carbonyl (C=O) groups excluding carboxylic acids is 1. The Kier molecular flexibility index (Phi) is 7.02. The Labute approximate surface area is 126 Å². The minimum Gasteiger partial charge on any atom is -0.493 e. The van der Waals surface area contributed by atoms with Gasteiger partial charge in [-0.05, 0) is 30.0 Å². The van der Waals surface area contributed by atoms with Crippen LogP contribution in [-0.4, -0.2) is 33.2 Å². The van der Waals surface area contributed by atoms with Crippen LogP contribution in [0.5, 0.6) is 11.5 Å². The maximum Gasteiger partial charge on any atom is 0.224 e. The number of methoxy groups -OCH3 is 2. The molecule has 5 heteroatoms. The summed E-state index contributed by atoms with van der Waals surface area (Å²) in [6, 6.07) is 5.76. The van der Waals surface area contributed by atoms with Crippen molar-refractivity contribution >= 4 is 5.91 Å². The van der Waals surface area contributed by atoms with Crippen molar-refractivity contribution in [2.45, 2.75) is 20.3 Å². The van der Waals surface area contributed by atoms with Crippen LogP contribution in [0, 0.1) is 11.8 Å². The molecule has 118 valence electrons. The number of hydrogen-bond acceptors (Lipinski definition) is 4. The lowest BCUT2D eigenvalue weighted by Crippen LogP contribution is -2.38. The van der Waals surface area contributed by atoms with E-state index in [-0.39, 0.29) is 17.7 Å². The van der Waals surface area contributed by atoms with Gasteiger partial charge in [-0.2, -0.15) is 0 Å². The van der Waals surface area contributed by atoms with E-state index in [1.807, 2.05) is 32.0 Å². The number of rotatable bonds is 8. The molecule has 0 bridgehead atoms. The van der Waals surface area contributed by atoms with Gasteiger partial charge in [0.15, 0.2) is 11.5 Å². The number of amides is 1. The molecule has 0 saturated heterocycles. The van der Waals surface area contributed by atoms with Crippen LogP contribution in [-0.2, 0) is 11.2 Å². The highest BCUT2D eigenvalue weighted by Gasteiger charge is 2.19. The SMILES string of the molecule is COc1ccc(CCNC(=O)C(CN)C(C)C)cc1OC. The summed E-state index contributed by atoms with van der Waals surface area (Å²) in [5.41, 5.74) is 6.72. The average Bonchev–Trinajstić information content (AvgIpc) is 2.47. The molecule has 1 unspecified atom stereocenters. The van der Waals surface area contributed by atoms with Gasteiger partial charge in [-0.25, -0.2) is 0 Å². The van der Waals surface area contributed by atoms with E-state index in [2.05, 4.69) is 5.32 Å². The van der Waals surface area contributed by atoms with Crippen LogP contribution in [0.3, 0.4) is 0 Å². The van der Waals surface area contributed by atoms with Crippen LogP contribution in [0.4, 0.5) is 0 Å². The molecule has 1 rings (SSSR count). The van der Waals surface area contributed by atoms with Crippen LogP contribution in [0.2, 0.25) is 0 Å². The second kappa shape index (κ2) is 8.52. The van der Waals surface area contributed by atoms with Crippen LogP contribution in [0.1, 0.15) is 19.4 Å². The van der Waals surface area contributed by atoms with Gasteiger partial charge in [0.05, 0.1) is 20.1 Å². The molecule has 5 nitrogen and oxygen atoms in total. The second-order valence-electron chi connectivity index (χ2n) is 5.32. The predicted molar refractivity (Wildman–Crippen MR) is 83.6 cm³/mol. The van der Waals surface area contributed by atoms with E-state index < -0.39 is 0 Å². The van der Waals surface area contributed by atoms with Gasteiger partial charge in [0.1, 0.15) is 0 Å². The Hall–Kier alpha value is -1.75. The van der Waals surface area contributed by atoms with Crippen molar-refractivity contribution in [3.8, 4) is 11.5 Å². The molecule has 1 aromatic rings.